The summed E-state index contributed by atoms with van der Waals surface area (Å²) in [7, 11) is 3.48. The Morgan fingerprint density at radius 1 is 0.958 bits per heavy atom. The van der Waals surface area contributed by atoms with E-state index in [9.17, 15) is 4.79 Å². The summed E-state index contributed by atoms with van der Waals surface area (Å²) in [6.07, 6.45) is 1.84. The number of nitrogens with one attached hydrogen (secondary N) is 2. The van der Waals surface area contributed by atoms with Crippen LogP contribution in [0.2, 0.25) is 0 Å². The van der Waals surface area contributed by atoms with Gasteiger partial charge in [0.15, 0.2) is 0 Å². The molecule has 122 valence electrons. The first-order valence-corrected chi connectivity index (χ1v) is 7.60. The Morgan fingerprint density at radius 3 is 2.29 bits per heavy atom. The number of amides is 1. The molecule has 2 aromatic carbocycles. The fourth-order valence-electron chi connectivity index (χ4n) is 2.41. The molecule has 1 amide bonds. The number of hydrogen-bond acceptors (Lipinski definition) is 3. The maximum atomic E-state index is 12.4. The van der Waals surface area contributed by atoms with Crippen LogP contribution in [0.5, 0.6) is 5.75 Å². The normalized spacial score (nSPS) is 10.2. The van der Waals surface area contributed by atoms with Crippen LogP contribution in [-0.4, -0.2) is 17.6 Å². The van der Waals surface area contributed by atoms with Crippen LogP contribution in [0.15, 0.2) is 66.9 Å². The number of carbonyl (C=O) groups is 1. The lowest BCUT2D eigenvalue weighted by Gasteiger charge is -2.13. The van der Waals surface area contributed by atoms with Crippen molar-refractivity contribution in [1.29, 1.82) is 0 Å². The molecule has 0 aliphatic carbocycles. The van der Waals surface area contributed by atoms with Crippen LogP contribution in [0.3, 0.4) is 0 Å². The maximum Gasteiger partial charge on any atom is 0.272 e. The van der Waals surface area contributed by atoms with Crippen molar-refractivity contribution in [2.75, 3.05) is 17.7 Å². The van der Waals surface area contributed by atoms with Gasteiger partial charge in [0.05, 0.1) is 18.5 Å². The van der Waals surface area contributed by atoms with E-state index in [4.69, 9.17) is 4.74 Å². The number of para-hydroxylation sites is 2. The summed E-state index contributed by atoms with van der Waals surface area (Å²) in [5, 5.41) is 6.26. The average Bonchev–Trinajstić information content (AvgIpc) is 3.03. The number of aryl methyl sites for hydroxylation is 1. The van der Waals surface area contributed by atoms with E-state index in [0.29, 0.717) is 5.69 Å². The standard InChI is InChI=1S/C19H19N3O2/c1-22-13-5-8-18(22)19(23)21-17-7-4-3-6-16(17)20-14-9-11-15(24-2)12-10-14/h3-13,20H,1-2H3,(H,21,23). The lowest BCUT2D eigenvalue weighted by Crippen LogP contribution is -2.16. The number of rotatable bonds is 5. The fourth-order valence-corrected chi connectivity index (χ4v) is 2.41. The molecule has 1 aromatic heterocycles. The molecule has 0 unspecified atom stereocenters. The van der Waals surface area contributed by atoms with Crippen molar-refractivity contribution in [2.24, 2.45) is 7.05 Å². The van der Waals surface area contributed by atoms with Gasteiger partial charge < -0.3 is 19.9 Å². The quantitative estimate of drug-likeness (QED) is 0.746. The third-order valence-corrected chi connectivity index (χ3v) is 3.72. The van der Waals surface area contributed by atoms with Crippen LogP contribution < -0.4 is 15.4 Å². The second-order valence-corrected chi connectivity index (χ2v) is 5.36. The van der Waals surface area contributed by atoms with Crippen LogP contribution in [0.1, 0.15) is 10.5 Å². The second kappa shape index (κ2) is 6.91. The van der Waals surface area contributed by atoms with Crippen LogP contribution in [-0.2, 0) is 7.05 Å². The Hall–Kier alpha value is -3.21. The van der Waals surface area contributed by atoms with Crippen molar-refractivity contribution in [2.45, 2.75) is 0 Å². The lowest BCUT2D eigenvalue weighted by atomic mass is 10.2. The first-order chi connectivity index (χ1) is 11.7. The number of carbonyl (C=O) groups excluding carboxylic acids is 1. The third-order valence-electron chi connectivity index (χ3n) is 3.72. The number of ether oxygens (including phenoxy) is 1. The summed E-state index contributed by atoms with van der Waals surface area (Å²) in [6, 6.07) is 18.8. The van der Waals surface area contributed by atoms with E-state index in [1.807, 2.05) is 67.8 Å². The highest BCUT2D eigenvalue weighted by Crippen LogP contribution is 2.26. The van der Waals surface area contributed by atoms with Crippen LogP contribution >= 0.6 is 0 Å². The van der Waals surface area contributed by atoms with Gasteiger partial charge in [-0.3, -0.25) is 4.79 Å². The predicted molar refractivity (Wildman–Crippen MR) is 96.1 cm³/mol. The lowest BCUT2D eigenvalue weighted by molar-refractivity contribution is 0.101. The molecule has 3 aromatic rings. The van der Waals surface area contributed by atoms with Crippen molar-refractivity contribution in [3.63, 3.8) is 0 Å². The molecule has 0 saturated carbocycles. The van der Waals surface area contributed by atoms with Crippen molar-refractivity contribution >= 4 is 23.0 Å². The van der Waals surface area contributed by atoms with Gasteiger partial charge in [-0.2, -0.15) is 0 Å². The van der Waals surface area contributed by atoms with Gasteiger partial charge in [-0.1, -0.05) is 12.1 Å². The van der Waals surface area contributed by atoms with Gasteiger partial charge in [0.25, 0.3) is 5.91 Å². The minimum absolute atomic E-state index is 0.147. The number of benzene rings is 2. The summed E-state index contributed by atoms with van der Waals surface area (Å²) >= 11 is 0. The van der Waals surface area contributed by atoms with E-state index < -0.39 is 0 Å². The molecule has 5 heteroatoms. The van der Waals surface area contributed by atoms with Crippen molar-refractivity contribution < 1.29 is 9.53 Å². The summed E-state index contributed by atoms with van der Waals surface area (Å²) in [5.74, 6) is 0.650. The zero-order valence-electron chi connectivity index (χ0n) is 13.6. The van der Waals surface area contributed by atoms with Gasteiger partial charge in [-0.15, -0.1) is 0 Å². The van der Waals surface area contributed by atoms with E-state index in [1.54, 1.807) is 17.7 Å². The minimum Gasteiger partial charge on any atom is -0.497 e. The molecule has 0 saturated heterocycles. The van der Waals surface area contributed by atoms with Crippen molar-refractivity contribution in [3.8, 4) is 5.75 Å². The fraction of sp³-hybridized carbons (Fsp3) is 0.105. The Morgan fingerprint density at radius 2 is 1.67 bits per heavy atom. The zero-order chi connectivity index (χ0) is 16.9. The molecule has 2 N–H and O–H groups in total. The highest BCUT2D eigenvalue weighted by molar-refractivity contribution is 6.05. The Bertz CT molecular complexity index is 838. The monoisotopic (exact) mass is 321 g/mol. The van der Waals surface area contributed by atoms with Crippen molar-refractivity contribution in [1.82, 2.24) is 4.57 Å². The molecule has 5 nitrogen and oxygen atoms in total. The van der Waals surface area contributed by atoms with E-state index >= 15 is 0 Å². The number of hydrogen-bond donors (Lipinski definition) is 2. The molecule has 3 rings (SSSR count). The van der Waals surface area contributed by atoms with Gasteiger partial charge in [-0.25, -0.2) is 0 Å². The smallest absolute Gasteiger partial charge is 0.272 e. The molecule has 0 spiro atoms. The van der Waals surface area contributed by atoms with Gasteiger partial charge in [0, 0.05) is 18.9 Å². The molecule has 0 bridgehead atoms. The first-order valence-electron chi connectivity index (χ1n) is 7.60. The SMILES string of the molecule is COc1ccc(Nc2ccccc2NC(=O)c2cccn2C)cc1. The third kappa shape index (κ3) is 3.41. The Balaban J connectivity index is 1.80. The molecule has 0 aliphatic heterocycles. The topological polar surface area (TPSA) is 55.3 Å². The van der Waals surface area contributed by atoms with Crippen LogP contribution in [0, 0.1) is 0 Å². The van der Waals surface area contributed by atoms with E-state index in [2.05, 4.69) is 10.6 Å². The average molecular weight is 321 g/mol. The van der Waals surface area contributed by atoms with Gasteiger partial charge >= 0.3 is 0 Å². The largest absolute Gasteiger partial charge is 0.497 e. The van der Waals surface area contributed by atoms with Crippen LogP contribution in [0.4, 0.5) is 17.1 Å². The highest BCUT2D eigenvalue weighted by atomic mass is 16.5. The summed E-state index contributed by atoms with van der Waals surface area (Å²) in [6.45, 7) is 0. The second-order valence-electron chi connectivity index (χ2n) is 5.36. The van der Waals surface area contributed by atoms with E-state index in [-0.39, 0.29) is 5.91 Å². The number of anilines is 3. The van der Waals surface area contributed by atoms with Gasteiger partial charge in [0.1, 0.15) is 11.4 Å². The number of aromatic nitrogens is 1. The molecular formula is C19H19N3O2. The molecule has 0 atom stereocenters. The van der Waals surface area contributed by atoms with Crippen molar-refractivity contribution in [3.05, 3.63) is 72.6 Å². The predicted octanol–water partition coefficient (Wildman–Crippen LogP) is 4.03. The molecular weight excluding hydrogens is 302 g/mol. The van der Waals surface area contributed by atoms with E-state index in [0.717, 1.165) is 22.8 Å². The Labute approximate surface area is 140 Å². The first kappa shape index (κ1) is 15.7. The van der Waals surface area contributed by atoms with Gasteiger partial charge in [-0.05, 0) is 48.5 Å². The minimum atomic E-state index is -0.147. The van der Waals surface area contributed by atoms with Crippen LogP contribution in [0.25, 0.3) is 0 Å². The zero-order valence-corrected chi connectivity index (χ0v) is 13.6. The maximum absolute atomic E-state index is 12.4. The molecule has 24 heavy (non-hydrogen) atoms. The molecule has 0 aliphatic rings. The van der Waals surface area contributed by atoms with Gasteiger partial charge in [0.2, 0.25) is 0 Å². The molecule has 0 fully saturated rings. The van der Waals surface area contributed by atoms with E-state index in [1.165, 1.54) is 0 Å². The number of methoxy groups -OCH3 is 1. The Kier molecular flexibility index (Phi) is 4.52. The summed E-state index contributed by atoms with van der Waals surface area (Å²) in [4.78, 5) is 12.4. The highest BCUT2D eigenvalue weighted by Gasteiger charge is 2.11. The summed E-state index contributed by atoms with van der Waals surface area (Å²) in [5.41, 5.74) is 3.07. The molecule has 0 radical (unpaired) electrons. The number of nitrogens with zero attached hydrogens (tertiary/aromatic N) is 1. The summed E-state index contributed by atoms with van der Waals surface area (Å²) < 4.78 is 6.95. The molecule has 1 heterocycles.